The van der Waals surface area contributed by atoms with Crippen molar-refractivity contribution in [1.29, 1.82) is 0 Å². The van der Waals surface area contributed by atoms with Gasteiger partial charge in [-0.05, 0) is 30.3 Å². The fraction of sp³-hybridized carbons (Fsp3) is 0.769. The van der Waals surface area contributed by atoms with Crippen molar-refractivity contribution < 1.29 is 4.79 Å². The second-order valence-corrected chi connectivity index (χ2v) is 5.55. The van der Waals surface area contributed by atoms with Crippen molar-refractivity contribution in [2.24, 2.45) is 11.3 Å². The van der Waals surface area contributed by atoms with Crippen molar-refractivity contribution in [3.8, 4) is 0 Å². The van der Waals surface area contributed by atoms with Crippen molar-refractivity contribution in [2.45, 2.75) is 40.0 Å². The quantitative estimate of drug-likeness (QED) is 0.608. The maximum Gasteiger partial charge on any atom is 0.245 e. The third-order valence-electron chi connectivity index (χ3n) is 3.38. The monoisotopic (exact) mass is 209 g/mol. The van der Waals surface area contributed by atoms with Crippen LogP contribution in [0.1, 0.15) is 40.0 Å². The molecule has 0 radical (unpaired) electrons. The van der Waals surface area contributed by atoms with Crippen molar-refractivity contribution in [2.75, 3.05) is 13.1 Å². The van der Waals surface area contributed by atoms with E-state index in [9.17, 15) is 4.79 Å². The summed E-state index contributed by atoms with van der Waals surface area (Å²) in [6.45, 7) is 12.2. The van der Waals surface area contributed by atoms with Crippen molar-refractivity contribution in [3.05, 3.63) is 12.7 Å². The van der Waals surface area contributed by atoms with Gasteiger partial charge >= 0.3 is 0 Å². The fourth-order valence-corrected chi connectivity index (χ4v) is 2.18. The molecule has 0 saturated carbocycles. The highest BCUT2D eigenvalue weighted by Gasteiger charge is 2.29. The second kappa shape index (κ2) is 4.82. The minimum absolute atomic E-state index is 0.0890. The van der Waals surface area contributed by atoms with E-state index in [0.717, 1.165) is 19.5 Å². The van der Waals surface area contributed by atoms with E-state index in [4.69, 9.17) is 0 Å². The first-order valence-corrected chi connectivity index (χ1v) is 5.86. The van der Waals surface area contributed by atoms with Gasteiger partial charge in [0.05, 0.1) is 0 Å². The van der Waals surface area contributed by atoms with Gasteiger partial charge in [0.2, 0.25) is 5.91 Å². The first-order chi connectivity index (χ1) is 6.95. The average Bonchev–Trinajstić information content (AvgIpc) is 2.40. The average molecular weight is 209 g/mol. The van der Waals surface area contributed by atoms with Crippen LogP contribution in [0, 0.1) is 11.3 Å². The molecule has 0 bridgehead atoms. The summed E-state index contributed by atoms with van der Waals surface area (Å²) in [5, 5.41) is 0. The fourth-order valence-electron chi connectivity index (χ4n) is 2.18. The first kappa shape index (κ1) is 12.3. The molecule has 0 spiro atoms. The largest absolute Gasteiger partial charge is 0.339 e. The predicted octanol–water partition coefficient (Wildman–Crippen LogP) is 2.85. The zero-order valence-electron chi connectivity index (χ0n) is 10.3. The molecule has 1 rings (SSSR count). The molecule has 0 aromatic carbocycles. The smallest absolute Gasteiger partial charge is 0.245 e. The topological polar surface area (TPSA) is 20.3 Å². The van der Waals surface area contributed by atoms with Crippen molar-refractivity contribution in [1.82, 2.24) is 4.90 Å². The van der Waals surface area contributed by atoms with Gasteiger partial charge in [-0.2, -0.15) is 0 Å². The molecular formula is C13H23NO. The Labute approximate surface area is 93.3 Å². The third-order valence-corrected chi connectivity index (χ3v) is 3.38. The lowest BCUT2D eigenvalue weighted by atomic mass is 9.78. The van der Waals surface area contributed by atoms with Crippen LogP contribution in [-0.4, -0.2) is 23.9 Å². The van der Waals surface area contributed by atoms with Gasteiger partial charge in [0, 0.05) is 13.1 Å². The normalized spacial score (nSPS) is 23.4. The van der Waals surface area contributed by atoms with E-state index in [1.807, 2.05) is 4.90 Å². The molecule has 1 aliphatic rings. The molecule has 2 heteroatoms. The Morgan fingerprint density at radius 3 is 2.60 bits per heavy atom. The van der Waals surface area contributed by atoms with Crippen LogP contribution < -0.4 is 0 Å². The minimum Gasteiger partial charge on any atom is -0.339 e. The molecule has 15 heavy (non-hydrogen) atoms. The Morgan fingerprint density at radius 1 is 1.40 bits per heavy atom. The molecule has 1 fully saturated rings. The Kier molecular flexibility index (Phi) is 3.95. The van der Waals surface area contributed by atoms with Crippen LogP contribution in [-0.2, 0) is 4.79 Å². The van der Waals surface area contributed by atoms with Gasteiger partial charge in [0.25, 0.3) is 0 Å². The van der Waals surface area contributed by atoms with Crippen LogP contribution in [0.15, 0.2) is 12.7 Å². The highest BCUT2D eigenvalue weighted by Crippen LogP contribution is 2.32. The number of carbonyl (C=O) groups excluding carboxylic acids is 1. The van der Waals surface area contributed by atoms with Crippen LogP contribution in [0.25, 0.3) is 0 Å². The Balaban J connectivity index is 2.69. The van der Waals surface area contributed by atoms with Crippen LogP contribution in [0.5, 0.6) is 0 Å². The number of hydrogen-bond donors (Lipinski definition) is 0. The lowest BCUT2D eigenvalue weighted by molar-refractivity contribution is -0.126. The van der Waals surface area contributed by atoms with E-state index >= 15 is 0 Å². The summed E-state index contributed by atoms with van der Waals surface area (Å²) in [5.41, 5.74) is 0.296. The number of carbonyl (C=O) groups is 1. The molecule has 1 aliphatic heterocycles. The number of nitrogens with zero attached hydrogens (tertiary/aromatic N) is 1. The Bertz CT molecular complexity index is 239. The molecule has 0 aliphatic carbocycles. The lowest BCUT2D eigenvalue weighted by Crippen LogP contribution is -2.37. The summed E-state index contributed by atoms with van der Waals surface area (Å²) in [6.07, 6.45) is 5.05. The maximum absolute atomic E-state index is 11.6. The Hall–Kier alpha value is -0.790. The van der Waals surface area contributed by atoms with Gasteiger partial charge in [-0.1, -0.05) is 33.8 Å². The molecule has 2 nitrogen and oxygen atoms in total. The first-order valence-electron chi connectivity index (χ1n) is 5.86. The zero-order chi connectivity index (χ0) is 11.5. The molecule has 0 aromatic heterocycles. The molecule has 86 valence electrons. The molecule has 1 heterocycles. The van der Waals surface area contributed by atoms with Crippen LogP contribution >= 0.6 is 0 Å². The summed E-state index contributed by atoms with van der Waals surface area (Å²) < 4.78 is 0. The van der Waals surface area contributed by atoms with Crippen molar-refractivity contribution in [3.63, 3.8) is 0 Å². The summed E-state index contributed by atoms with van der Waals surface area (Å²) in [6, 6.07) is 0. The summed E-state index contributed by atoms with van der Waals surface area (Å²) in [4.78, 5) is 13.6. The van der Waals surface area contributed by atoms with Gasteiger partial charge in [-0.25, -0.2) is 0 Å². The molecule has 0 N–H and O–H groups in total. The molecule has 1 amide bonds. The highest BCUT2D eigenvalue weighted by molar-refractivity contribution is 5.87. The molecule has 1 unspecified atom stereocenters. The maximum atomic E-state index is 11.6. The van der Waals surface area contributed by atoms with Gasteiger partial charge in [0.15, 0.2) is 0 Å². The van der Waals surface area contributed by atoms with Gasteiger partial charge < -0.3 is 4.90 Å². The predicted molar refractivity (Wildman–Crippen MR) is 63.6 cm³/mol. The third kappa shape index (κ3) is 3.37. The van der Waals surface area contributed by atoms with E-state index in [1.54, 1.807) is 0 Å². The highest BCUT2D eigenvalue weighted by atomic mass is 16.2. The summed E-state index contributed by atoms with van der Waals surface area (Å²) in [5.74, 6) is 0.704. The number of likely N-dealkylation sites (tertiary alicyclic amines) is 1. The van der Waals surface area contributed by atoms with Gasteiger partial charge in [-0.15, -0.1) is 0 Å². The Morgan fingerprint density at radius 2 is 2.07 bits per heavy atom. The molecule has 0 aromatic rings. The van der Waals surface area contributed by atoms with Gasteiger partial charge in [-0.3, -0.25) is 4.79 Å². The summed E-state index contributed by atoms with van der Waals surface area (Å²) in [7, 11) is 0. The SMILES string of the molecule is C=CC(=O)N1CCCCC(C(C)(C)C)C1. The second-order valence-electron chi connectivity index (χ2n) is 5.55. The summed E-state index contributed by atoms with van der Waals surface area (Å²) >= 11 is 0. The molecule has 1 atom stereocenters. The number of amides is 1. The van der Waals surface area contributed by atoms with E-state index in [-0.39, 0.29) is 5.91 Å². The van der Waals surface area contributed by atoms with Crippen molar-refractivity contribution >= 4 is 5.91 Å². The minimum atomic E-state index is 0.0890. The molecular weight excluding hydrogens is 186 g/mol. The van der Waals surface area contributed by atoms with Crippen LogP contribution in [0.3, 0.4) is 0 Å². The van der Waals surface area contributed by atoms with Gasteiger partial charge in [0.1, 0.15) is 0 Å². The lowest BCUT2D eigenvalue weighted by Gasteiger charge is -2.33. The molecule has 1 saturated heterocycles. The number of hydrogen-bond acceptors (Lipinski definition) is 1. The number of rotatable bonds is 1. The van der Waals surface area contributed by atoms with Crippen LogP contribution in [0.4, 0.5) is 0 Å². The van der Waals surface area contributed by atoms with E-state index in [2.05, 4.69) is 27.4 Å². The standard InChI is InChI=1S/C13H23NO/c1-5-12(15)14-9-7-6-8-11(10-14)13(2,3)4/h5,11H,1,6-10H2,2-4H3. The van der Waals surface area contributed by atoms with E-state index in [1.165, 1.54) is 18.9 Å². The zero-order valence-corrected chi connectivity index (χ0v) is 10.3. The van der Waals surface area contributed by atoms with Crippen LogP contribution in [0.2, 0.25) is 0 Å². The van der Waals surface area contributed by atoms with E-state index in [0.29, 0.717) is 11.3 Å². The van der Waals surface area contributed by atoms with E-state index < -0.39 is 0 Å².